The zero-order chi connectivity index (χ0) is 27.6. The van der Waals surface area contributed by atoms with Crippen LogP contribution in [0.25, 0.3) is 10.9 Å². The normalized spacial score (nSPS) is 15.0. The summed E-state index contributed by atoms with van der Waals surface area (Å²) in [6.45, 7) is 2.44. The van der Waals surface area contributed by atoms with Crippen molar-refractivity contribution in [3.63, 3.8) is 0 Å². The number of para-hydroxylation sites is 1. The molecule has 1 aliphatic heterocycles. The van der Waals surface area contributed by atoms with E-state index in [4.69, 9.17) is 0 Å². The van der Waals surface area contributed by atoms with Gasteiger partial charge in [-0.25, -0.2) is 8.42 Å². The molecule has 2 aromatic carbocycles. The molecule has 0 saturated carbocycles. The van der Waals surface area contributed by atoms with Crippen LogP contribution in [0, 0.1) is 0 Å². The van der Waals surface area contributed by atoms with Gasteiger partial charge in [-0.15, -0.1) is 0 Å². The molecule has 0 N–H and O–H groups in total. The summed E-state index contributed by atoms with van der Waals surface area (Å²) in [4.78, 5) is 25.1. The Balaban J connectivity index is 1.18. The van der Waals surface area contributed by atoms with Crippen LogP contribution in [0.3, 0.4) is 0 Å². The Hall–Kier alpha value is -3.83. The van der Waals surface area contributed by atoms with E-state index in [1.54, 1.807) is 53.6 Å². The van der Waals surface area contributed by atoms with Gasteiger partial charge in [-0.3, -0.25) is 19.7 Å². The van der Waals surface area contributed by atoms with Crippen molar-refractivity contribution in [3.05, 3.63) is 102 Å². The molecule has 11 heteroatoms. The van der Waals surface area contributed by atoms with Crippen molar-refractivity contribution < 1.29 is 26.4 Å². The summed E-state index contributed by atoms with van der Waals surface area (Å²) in [5.41, 5.74) is 1.21. The highest BCUT2D eigenvalue weighted by Gasteiger charge is 2.31. The van der Waals surface area contributed by atoms with Crippen molar-refractivity contribution in [2.45, 2.75) is 23.4 Å². The SMILES string of the molecule is O=C(c1ccc(CS(=O)(=O)c2cccc3cccnc23)cc1)N1CCN(Cc2ccc(C(F)(F)F)cn2)CC1. The minimum Gasteiger partial charge on any atom is -0.336 e. The Morgan fingerprint density at radius 2 is 1.59 bits per heavy atom. The maximum absolute atomic E-state index is 13.1. The molecule has 1 aliphatic rings. The van der Waals surface area contributed by atoms with Gasteiger partial charge in [0, 0.05) is 56.1 Å². The van der Waals surface area contributed by atoms with E-state index in [0.29, 0.717) is 55.1 Å². The Labute approximate surface area is 223 Å². The predicted molar refractivity (Wildman–Crippen MR) is 139 cm³/mol. The third kappa shape index (κ3) is 6.10. The van der Waals surface area contributed by atoms with Crippen LogP contribution in [0.1, 0.15) is 27.2 Å². The Morgan fingerprint density at radius 1 is 0.872 bits per heavy atom. The maximum Gasteiger partial charge on any atom is 0.417 e. The number of amides is 1. The number of pyridine rings is 2. The van der Waals surface area contributed by atoms with E-state index in [0.717, 1.165) is 17.6 Å². The second kappa shape index (κ2) is 10.7. The summed E-state index contributed by atoms with van der Waals surface area (Å²) in [7, 11) is -3.66. The zero-order valence-corrected chi connectivity index (χ0v) is 21.6. The molecular formula is C28H25F3N4O3S. The third-order valence-corrected chi connectivity index (χ3v) is 8.40. The number of carbonyl (C=O) groups is 1. The topological polar surface area (TPSA) is 83.5 Å². The van der Waals surface area contributed by atoms with E-state index in [1.807, 2.05) is 17.0 Å². The number of sulfone groups is 1. The number of carbonyl (C=O) groups excluding carboxylic acids is 1. The fourth-order valence-corrected chi connectivity index (χ4v) is 6.11. The number of halogens is 3. The fourth-order valence-electron chi connectivity index (χ4n) is 4.57. The van der Waals surface area contributed by atoms with Crippen LogP contribution in [-0.4, -0.2) is 60.3 Å². The molecule has 1 saturated heterocycles. The van der Waals surface area contributed by atoms with Crippen molar-refractivity contribution in [1.82, 2.24) is 19.8 Å². The minimum absolute atomic E-state index is 0.157. The lowest BCUT2D eigenvalue weighted by atomic mass is 10.1. The molecule has 3 heterocycles. The smallest absolute Gasteiger partial charge is 0.336 e. The monoisotopic (exact) mass is 554 g/mol. The van der Waals surface area contributed by atoms with Gasteiger partial charge in [-0.1, -0.05) is 30.3 Å². The van der Waals surface area contributed by atoms with Gasteiger partial charge in [0.2, 0.25) is 0 Å². The van der Waals surface area contributed by atoms with Gasteiger partial charge >= 0.3 is 6.18 Å². The predicted octanol–water partition coefficient (Wildman–Crippen LogP) is 4.58. The number of benzene rings is 2. The molecule has 0 spiro atoms. The second-order valence-electron chi connectivity index (χ2n) is 9.39. The first kappa shape index (κ1) is 26.8. The molecule has 39 heavy (non-hydrogen) atoms. The summed E-state index contributed by atoms with van der Waals surface area (Å²) >= 11 is 0. The second-order valence-corrected chi connectivity index (χ2v) is 11.3. The summed E-state index contributed by atoms with van der Waals surface area (Å²) < 4.78 is 64.5. The quantitative estimate of drug-likeness (QED) is 0.347. The number of hydrogen-bond acceptors (Lipinski definition) is 6. The number of piperazine rings is 1. The van der Waals surface area contributed by atoms with Crippen LogP contribution in [0.15, 0.2) is 84.0 Å². The van der Waals surface area contributed by atoms with E-state index in [-0.39, 0.29) is 16.6 Å². The summed E-state index contributed by atoms with van der Waals surface area (Å²) in [5.74, 6) is -0.372. The summed E-state index contributed by atoms with van der Waals surface area (Å²) in [6.07, 6.45) is -2.02. The lowest BCUT2D eigenvalue weighted by molar-refractivity contribution is -0.137. The van der Waals surface area contributed by atoms with E-state index >= 15 is 0 Å². The van der Waals surface area contributed by atoms with Crippen LogP contribution >= 0.6 is 0 Å². The van der Waals surface area contributed by atoms with E-state index in [2.05, 4.69) is 9.97 Å². The molecule has 0 atom stereocenters. The van der Waals surface area contributed by atoms with E-state index in [9.17, 15) is 26.4 Å². The molecule has 0 bridgehead atoms. The van der Waals surface area contributed by atoms with E-state index < -0.39 is 21.6 Å². The van der Waals surface area contributed by atoms with Crippen molar-refractivity contribution in [2.24, 2.45) is 0 Å². The lowest BCUT2D eigenvalue weighted by Crippen LogP contribution is -2.48. The average molecular weight is 555 g/mol. The molecular weight excluding hydrogens is 529 g/mol. The highest BCUT2D eigenvalue weighted by Crippen LogP contribution is 2.28. The molecule has 5 rings (SSSR count). The number of hydrogen-bond donors (Lipinski definition) is 0. The molecule has 0 radical (unpaired) electrons. The Bertz CT molecular complexity index is 1580. The first-order chi connectivity index (χ1) is 18.6. The third-order valence-electron chi connectivity index (χ3n) is 6.69. The van der Waals surface area contributed by atoms with Crippen LogP contribution in [0.5, 0.6) is 0 Å². The minimum atomic E-state index is -4.42. The van der Waals surface area contributed by atoms with E-state index in [1.165, 1.54) is 6.07 Å². The molecule has 4 aromatic rings. The zero-order valence-electron chi connectivity index (χ0n) is 20.8. The highest BCUT2D eigenvalue weighted by molar-refractivity contribution is 7.90. The van der Waals surface area contributed by atoms with Crippen molar-refractivity contribution in [2.75, 3.05) is 26.2 Å². The molecule has 0 unspecified atom stereocenters. The van der Waals surface area contributed by atoms with Crippen LogP contribution < -0.4 is 0 Å². The molecule has 7 nitrogen and oxygen atoms in total. The first-order valence-corrected chi connectivity index (χ1v) is 13.9. The standard InChI is InChI=1S/C28H25F3N4O3S/c29-28(30,31)23-10-11-24(33-17-23)18-34-13-15-35(16-14-34)27(36)22-8-6-20(7-9-22)19-39(37,38)25-5-1-3-21-4-2-12-32-26(21)25/h1-12,17H,13-16,18-19H2. The lowest BCUT2D eigenvalue weighted by Gasteiger charge is -2.34. The number of fused-ring (bicyclic) bond motifs is 1. The Morgan fingerprint density at radius 3 is 2.26 bits per heavy atom. The first-order valence-electron chi connectivity index (χ1n) is 12.3. The van der Waals surface area contributed by atoms with Crippen LogP contribution in [0.4, 0.5) is 13.2 Å². The summed E-state index contributed by atoms with van der Waals surface area (Å²) in [5, 5.41) is 0.746. The molecule has 1 amide bonds. The van der Waals surface area contributed by atoms with Crippen LogP contribution in [-0.2, 0) is 28.3 Å². The molecule has 0 aliphatic carbocycles. The van der Waals surface area contributed by atoms with Gasteiger partial charge in [0.25, 0.3) is 5.91 Å². The van der Waals surface area contributed by atoms with Gasteiger partial charge in [0.15, 0.2) is 9.84 Å². The maximum atomic E-state index is 13.1. The van der Waals surface area contributed by atoms with Gasteiger partial charge in [-0.2, -0.15) is 13.2 Å². The van der Waals surface area contributed by atoms with Crippen molar-refractivity contribution >= 4 is 26.6 Å². The molecule has 1 fully saturated rings. The number of alkyl halides is 3. The summed E-state index contributed by atoms with van der Waals surface area (Å²) in [6, 6.07) is 17.6. The molecule has 2 aromatic heterocycles. The van der Waals surface area contributed by atoms with Gasteiger partial charge in [-0.05, 0) is 42.0 Å². The number of aromatic nitrogens is 2. The van der Waals surface area contributed by atoms with Gasteiger partial charge in [0.1, 0.15) is 0 Å². The highest BCUT2D eigenvalue weighted by atomic mass is 32.2. The van der Waals surface area contributed by atoms with Crippen LogP contribution in [0.2, 0.25) is 0 Å². The van der Waals surface area contributed by atoms with Gasteiger partial charge < -0.3 is 4.90 Å². The number of nitrogens with zero attached hydrogens (tertiary/aromatic N) is 4. The average Bonchev–Trinajstić information content (AvgIpc) is 2.93. The van der Waals surface area contributed by atoms with Gasteiger partial charge in [0.05, 0.1) is 27.4 Å². The largest absolute Gasteiger partial charge is 0.417 e. The van der Waals surface area contributed by atoms with Crippen molar-refractivity contribution in [1.29, 1.82) is 0 Å². The molecule has 202 valence electrons. The van der Waals surface area contributed by atoms with Crippen molar-refractivity contribution in [3.8, 4) is 0 Å². The fraction of sp³-hybridized carbons (Fsp3) is 0.250. The number of rotatable bonds is 6. The Kier molecular flexibility index (Phi) is 7.37.